The van der Waals surface area contributed by atoms with Crippen molar-refractivity contribution >= 4 is 22.6 Å². The molecular weight excluding hydrogens is 333 g/mol. The molecule has 0 amide bonds. The Morgan fingerprint density at radius 3 is 1.06 bits per heavy atom. The maximum absolute atomic E-state index is 2.48. The van der Waals surface area contributed by atoms with Crippen LogP contribution in [0, 0.1) is 0 Å². The number of alkyl halides is 1. The summed E-state index contributed by atoms with van der Waals surface area (Å²) in [5.41, 5.74) is 0. The summed E-state index contributed by atoms with van der Waals surface area (Å²) >= 11 is 2.48. The Labute approximate surface area is 130 Å². The maximum Gasteiger partial charge on any atom is -0.000473 e. The zero-order valence-electron chi connectivity index (χ0n) is 12.7. The first kappa shape index (κ1) is 21.0. The molecule has 3 N–H and O–H groups in total. The molecule has 18 heavy (non-hydrogen) atoms. The standard InChI is InChI=1S/C16H33I.H3N/c1-2-3-4-5-6-7-8-9-10-11-12-13-14-15-16-17;/h2-16H2,1H3;1H3. The van der Waals surface area contributed by atoms with Gasteiger partial charge in [0, 0.05) is 0 Å². The predicted molar refractivity (Wildman–Crippen MR) is 94.2 cm³/mol. The summed E-state index contributed by atoms with van der Waals surface area (Å²) in [7, 11) is 0. The fourth-order valence-corrected chi connectivity index (χ4v) is 2.83. The van der Waals surface area contributed by atoms with E-state index in [4.69, 9.17) is 0 Å². The SMILES string of the molecule is CCCCCCCCCCCCCCCCI.N. The lowest BCUT2D eigenvalue weighted by molar-refractivity contribution is 0.539. The van der Waals surface area contributed by atoms with Crippen LogP contribution in [0.2, 0.25) is 0 Å². The molecule has 112 valence electrons. The molecule has 0 bridgehead atoms. The van der Waals surface area contributed by atoms with E-state index < -0.39 is 0 Å². The lowest BCUT2D eigenvalue weighted by Crippen LogP contribution is -1.83. The van der Waals surface area contributed by atoms with E-state index in [1.807, 2.05) is 0 Å². The van der Waals surface area contributed by atoms with Gasteiger partial charge in [-0.3, -0.25) is 0 Å². The van der Waals surface area contributed by atoms with Crippen LogP contribution in [0.15, 0.2) is 0 Å². The first-order chi connectivity index (χ1) is 8.41. The number of rotatable bonds is 14. The van der Waals surface area contributed by atoms with Gasteiger partial charge in [0.15, 0.2) is 0 Å². The molecule has 0 atom stereocenters. The Balaban J connectivity index is 0. The molecule has 0 aromatic carbocycles. The molecule has 0 aliphatic rings. The van der Waals surface area contributed by atoms with Crippen molar-refractivity contribution in [2.75, 3.05) is 4.43 Å². The van der Waals surface area contributed by atoms with Crippen molar-refractivity contribution < 1.29 is 0 Å². The number of halogens is 1. The van der Waals surface area contributed by atoms with Crippen molar-refractivity contribution in [3.8, 4) is 0 Å². The molecule has 2 heteroatoms. The minimum atomic E-state index is 0. The highest BCUT2D eigenvalue weighted by Gasteiger charge is 1.93. The third-order valence-corrected chi connectivity index (χ3v) is 4.25. The quantitative estimate of drug-likeness (QED) is 0.198. The van der Waals surface area contributed by atoms with Gasteiger partial charge >= 0.3 is 0 Å². The number of hydrogen-bond acceptors (Lipinski definition) is 1. The lowest BCUT2D eigenvalue weighted by Gasteiger charge is -2.02. The first-order valence-electron chi connectivity index (χ1n) is 7.97. The lowest BCUT2D eigenvalue weighted by atomic mass is 10.0. The third-order valence-electron chi connectivity index (χ3n) is 3.49. The predicted octanol–water partition coefficient (Wildman–Crippen LogP) is 7.06. The van der Waals surface area contributed by atoms with Gasteiger partial charge in [-0.15, -0.1) is 0 Å². The summed E-state index contributed by atoms with van der Waals surface area (Å²) in [5.74, 6) is 0. The molecule has 0 aliphatic carbocycles. The highest BCUT2D eigenvalue weighted by molar-refractivity contribution is 14.1. The molecular formula is C16H36IN. The number of hydrogen-bond donors (Lipinski definition) is 1. The van der Waals surface area contributed by atoms with Crippen LogP contribution >= 0.6 is 22.6 Å². The largest absolute Gasteiger partial charge is 0.344 e. The van der Waals surface area contributed by atoms with Crippen LogP contribution < -0.4 is 6.15 Å². The van der Waals surface area contributed by atoms with Gasteiger partial charge in [-0.1, -0.05) is 113 Å². The van der Waals surface area contributed by atoms with Crippen LogP contribution in [0.1, 0.15) is 96.8 Å². The van der Waals surface area contributed by atoms with Crippen molar-refractivity contribution in [3.05, 3.63) is 0 Å². The van der Waals surface area contributed by atoms with Gasteiger partial charge in [0.2, 0.25) is 0 Å². The molecule has 0 unspecified atom stereocenters. The monoisotopic (exact) mass is 369 g/mol. The Hall–Kier alpha value is 0.690. The van der Waals surface area contributed by atoms with Crippen LogP contribution in [0.4, 0.5) is 0 Å². The molecule has 0 aromatic rings. The second-order valence-corrected chi connectivity index (χ2v) is 6.36. The van der Waals surface area contributed by atoms with E-state index >= 15 is 0 Å². The topological polar surface area (TPSA) is 35.0 Å². The van der Waals surface area contributed by atoms with E-state index in [0.717, 1.165) is 0 Å². The van der Waals surface area contributed by atoms with Crippen LogP contribution in [0.3, 0.4) is 0 Å². The smallest absolute Gasteiger partial charge is 0.000473 e. The van der Waals surface area contributed by atoms with Crippen molar-refractivity contribution in [2.45, 2.75) is 96.8 Å². The molecule has 1 nitrogen and oxygen atoms in total. The zero-order chi connectivity index (χ0) is 12.6. The fourth-order valence-electron chi connectivity index (χ4n) is 2.29. The highest BCUT2D eigenvalue weighted by Crippen LogP contribution is 2.13. The minimum Gasteiger partial charge on any atom is -0.344 e. The van der Waals surface area contributed by atoms with Crippen molar-refractivity contribution in [2.24, 2.45) is 0 Å². The normalized spacial score (nSPS) is 10.3. The van der Waals surface area contributed by atoms with Crippen molar-refractivity contribution in [3.63, 3.8) is 0 Å². The van der Waals surface area contributed by atoms with Crippen LogP contribution in [0.5, 0.6) is 0 Å². The summed E-state index contributed by atoms with van der Waals surface area (Å²) in [4.78, 5) is 0. The highest BCUT2D eigenvalue weighted by atomic mass is 127. The molecule has 0 radical (unpaired) electrons. The summed E-state index contributed by atoms with van der Waals surface area (Å²) in [6.07, 6.45) is 20.5. The van der Waals surface area contributed by atoms with Gasteiger partial charge in [0.05, 0.1) is 0 Å². The summed E-state index contributed by atoms with van der Waals surface area (Å²) in [5, 5.41) is 0. The molecule has 0 saturated heterocycles. The average molecular weight is 369 g/mol. The molecule has 0 rings (SSSR count). The van der Waals surface area contributed by atoms with E-state index in [0.29, 0.717) is 0 Å². The Morgan fingerprint density at radius 2 is 0.778 bits per heavy atom. The van der Waals surface area contributed by atoms with Crippen molar-refractivity contribution in [1.82, 2.24) is 6.15 Å². The average Bonchev–Trinajstić information content (AvgIpc) is 2.35. The zero-order valence-corrected chi connectivity index (χ0v) is 14.8. The van der Waals surface area contributed by atoms with Gasteiger partial charge in [0.25, 0.3) is 0 Å². The maximum atomic E-state index is 2.48. The van der Waals surface area contributed by atoms with Crippen LogP contribution in [0.25, 0.3) is 0 Å². The molecule has 0 saturated carbocycles. The fraction of sp³-hybridized carbons (Fsp3) is 1.00. The van der Waals surface area contributed by atoms with Gasteiger partial charge < -0.3 is 6.15 Å². The van der Waals surface area contributed by atoms with Crippen LogP contribution in [-0.2, 0) is 0 Å². The summed E-state index contributed by atoms with van der Waals surface area (Å²) < 4.78 is 1.34. The van der Waals surface area contributed by atoms with E-state index in [1.165, 1.54) is 94.3 Å². The second kappa shape index (κ2) is 20.0. The third kappa shape index (κ3) is 19.0. The van der Waals surface area contributed by atoms with E-state index in [9.17, 15) is 0 Å². The van der Waals surface area contributed by atoms with Gasteiger partial charge in [-0.25, -0.2) is 0 Å². The minimum absolute atomic E-state index is 0. The molecule has 0 fully saturated rings. The Bertz CT molecular complexity index is 114. The first-order valence-corrected chi connectivity index (χ1v) is 9.50. The van der Waals surface area contributed by atoms with E-state index in [1.54, 1.807) is 0 Å². The van der Waals surface area contributed by atoms with E-state index in [-0.39, 0.29) is 6.15 Å². The van der Waals surface area contributed by atoms with Crippen LogP contribution in [-0.4, -0.2) is 4.43 Å². The molecule has 0 heterocycles. The Morgan fingerprint density at radius 1 is 0.500 bits per heavy atom. The van der Waals surface area contributed by atoms with Crippen molar-refractivity contribution in [1.29, 1.82) is 0 Å². The Kier molecular flexibility index (Phi) is 23.3. The van der Waals surface area contributed by atoms with E-state index in [2.05, 4.69) is 29.5 Å². The summed E-state index contributed by atoms with van der Waals surface area (Å²) in [6, 6.07) is 0. The molecule has 0 spiro atoms. The molecule has 0 aliphatic heterocycles. The van der Waals surface area contributed by atoms with Gasteiger partial charge in [0.1, 0.15) is 0 Å². The number of unbranched alkanes of at least 4 members (excludes halogenated alkanes) is 13. The molecule has 0 aromatic heterocycles. The summed E-state index contributed by atoms with van der Waals surface area (Å²) in [6.45, 7) is 2.29. The second-order valence-electron chi connectivity index (χ2n) is 5.29. The van der Waals surface area contributed by atoms with Gasteiger partial charge in [-0.05, 0) is 10.8 Å². The van der Waals surface area contributed by atoms with Gasteiger partial charge in [-0.2, -0.15) is 0 Å².